The number of rotatable bonds is 2. The van der Waals surface area contributed by atoms with Crippen LogP contribution in [0.5, 0.6) is 0 Å². The molecule has 0 aromatic rings. The normalized spacial score (nSPS) is 9.36. The molecule has 0 amide bonds. The van der Waals surface area contributed by atoms with Gasteiger partial charge in [-0.1, -0.05) is 11.5 Å². The smallest absolute Gasteiger partial charge is 0.336 e. The standard InChI is InChI=1S/C8H8O3/c1-2-7(9)5-3-4-6-8(10)11/h2,5-6,9H,1H3,(H,10,11). The number of aliphatic hydroxyl groups is 1. The summed E-state index contributed by atoms with van der Waals surface area (Å²) in [7, 11) is 0. The zero-order valence-electron chi connectivity index (χ0n) is 6.03. The summed E-state index contributed by atoms with van der Waals surface area (Å²) >= 11 is 0. The van der Waals surface area contributed by atoms with Crippen LogP contribution >= 0.6 is 0 Å². The molecule has 0 saturated heterocycles. The van der Waals surface area contributed by atoms with E-state index in [1.807, 2.05) is 0 Å². The SMILES string of the molecule is CC=C(O)C=C=C=CC(=O)O. The van der Waals surface area contributed by atoms with Crippen LogP contribution in [-0.4, -0.2) is 16.2 Å². The van der Waals surface area contributed by atoms with Crippen molar-refractivity contribution < 1.29 is 15.0 Å². The Morgan fingerprint density at radius 2 is 1.82 bits per heavy atom. The van der Waals surface area contributed by atoms with Crippen LogP contribution in [0, 0.1) is 0 Å². The van der Waals surface area contributed by atoms with Gasteiger partial charge in [0.2, 0.25) is 0 Å². The molecule has 2 N–H and O–H groups in total. The Morgan fingerprint density at radius 3 is 2.27 bits per heavy atom. The predicted octanol–water partition coefficient (Wildman–Crippen LogP) is 1.40. The molecule has 0 radical (unpaired) electrons. The summed E-state index contributed by atoms with van der Waals surface area (Å²) in [5, 5.41) is 16.9. The molecule has 0 rings (SSSR count). The Hall–Kier alpha value is -1.69. The molecular weight excluding hydrogens is 144 g/mol. The van der Waals surface area contributed by atoms with Gasteiger partial charge in [0.1, 0.15) is 5.76 Å². The molecule has 3 heteroatoms. The Balaban J connectivity index is 4.34. The summed E-state index contributed by atoms with van der Waals surface area (Å²) in [6.45, 7) is 1.65. The average Bonchev–Trinajstić information content (AvgIpc) is 1.97. The van der Waals surface area contributed by atoms with Crippen molar-refractivity contribution in [2.24, 2.45) is 0 Å². The highest BCUT2D eigenvalue weighted by Crippen LogP contribution is 1.85. The lowest BCUT2D eigenvalue weighted by Gasteiger charge is -1.79. The van der Waals surface area contributed by atoms with E-state index < -0.39 is 5.97 Å². The largest absolute Gasteiger partial charge is 0.508 e. The molecule has 11 heavy (non-hydrogen) atoms. The molecule has 0 spiro atoms. The van der Waals surface area contributed by atoms with Crippen LogP contribution in [0.1, 0.15) is 6.92 Å². The molecular formula is C8H8O3. The highest BCUT2D eigenvalue weighted by molar-refractivity contribution is 5.79. The third-order valence-corrected chi connectivity index (χ3v) is 0.795. The maximum atomic E-state index is 9.86. The lowest BCUT2D eigenvalue weighted by Crippen LogP contribution is -1.82. The molecule has 0 bridgehead atoms. The molecule has 0 heterocycles. The summed E-state index contributed by atoms with van der Waals surface area (Å²) in [6, 6.07) is 0. The second-order valence-corrected chi connectivity index (χ2v) is 1.63. The molecule has 3 nitrogen and oxygen atoms in total. The van der Waals surface area contributed by atoms with Crippen LogP contribution in [0.4, 0.5) is 0 Å². The highest BCUT2D eigenvalue weighted by atomic mass is 16.4. The van der Waals surface area contributed by atoms with E-state index in [-0.39, 0.29) is 5.76 Å². The van der Waals surface area contributed by atoms with Gasteiger partial charge in [-0.05, 0) is 13.0 Å². The van der Waals surface area contributed by atoms with Gasteiger partial charge in [-0.2, -0.15) is 0 Å². The Morgan fingerprint density at radius 1 is 1.27 bits per heavy atom. The zero-order valence-corrected chi connectivity index (χ0v) is 6.03. The van der Waals surface area contributed by atoms with E-state index in [0.29, 0.717) is 0 Å². The van der Waals surface area contributed by atoms with E-state index in [9.17, 15) is 4.79 Å². The molecule has 58 valence electrons. The first kappa shape index (κ1) is 9.31. The van der Waals surface area contributed by atoms with Gasteiger partial charge in [-0.15, -0.1) is 0 Å². The summed E-state index contributed by atoms with van der Waals surface area (Å²) in [5.74, 6) is -1.07. The monoisotopic (exact) mass is 152 g/mol. The number of aliphatic carboxylic acids is 1. The quantitative estimate of drug-likeness (QED) is 0.272. The highest BCUT2D eigenvalue weighted by Gasteiger charge is 1.79. The van der Waals surface area contributed by atoms with Gasteiger partial charge < -0.3 is 10.2 Å². The van der Waals surface area contributed by atoms with Gasteiger partial charge in [0.05, 0.1) is 6.08 Å². The van der Waals surface area contributed by atoms with Crippen LogP contribution in [0.15, 0.2) is 35.4 Å². The first-order chi connectivity index (χ1) is 5.16. The molecule has 0 saturated carbocycles. The number of aliphatic hydroxyl groups excluding tert-OH is 1. The first-order valence-electron chi connectivity index (χ1n) is 2.92. The van der Waals surface area contributed by atoms with Crippen molar-refractivity contribution in [3.63, 3.8) is 0 Å². The lowest BCUT2D eigenvalue weighted by atomic mass is 10.4. The topological polar surface area (TPSA) is 57.5 Å². The number of carboxylic acid groups (broad SMARTS) is 1. The van der Waals surface area contributed by atoms with Crippen molar-refractivity contribution in [3.05, 3.63) is 35.4 Å². The Labute approximate surface area is 64.3 Å². The fraction of sp³-hybridized carbons (Fsp3) is 0.125. The van der Waals surface area contributed by atoms with E-state index in [4.69, 9.17) is 10.2 Å². The van der Waals surface area contributed by atoms with Crippen molar-refractivity contribution >= 4 is 5.97 Å². The number of carbonyl (C=O) groups is 1. The molecule has 0 aliphatic carbocycles. The van der Waals surface area contributed by atoms with E-state index in [0.717, 1.165) is 6.08 Å². The molecule has 0 aromatic carbocycles. The van der Waals surface area contributed by atoms with Gasteiger partial charge in [0.25, 0.3) is 0 Å². The third kappa shape index (κ3) is 6.19. The van der Waals surface area contributed by atoms with Gasteiger partial charge in [-0.3, -0.25) is 0 Å². The van der Waals surface area contributed by atoms with Gasteiger partial charge in [0, 0.05) is 6.08 Å². The molecule has 0 aliphatic heterocycles. The minimum Gasteiger partial charge on any atom is -0.508 e. The van der Waals surface area contributed by atoms with E-state index in [2.05, 4.69) is 11.5 Å². The minimum absolute atomic E-state index is 0.0243. The van der Waals surface area contributed by atoms with Crippen molar-refractivity contribution in [3.8, 4) is 0 Å². The number of allylic oxidation sites excluding steroid dienone is 2. The van der Waals surface area contributed by atoms with Crippen molar-refractivity contribution in [1.29, 1.82) is 0 Å². The molecule has 0 atom stereocenters. The second-order valence-electron chi connectivity index (χ2n) is 1.63. The van der Waals surface area contributed by atoms with Crippen molar-refractivity contribution in [2.45, 2.75) is 6.92 Å². The maximum absolute atomic E-state index is 9.86. The average molecular weight is 152 g/mol. The fourth-order valence-corrected chi connectivity index (χ4v) is 0.302. The van der Waals surface area contributed by atoms with E-state index in [1.165, 1.54) is 12.2 Å². The number of hydrogen-bond acceptors (Lipinski definition) is 2. The molecule has 0 aromatic heterocycles. The predicted molar refractivity (Wildman–Crippen MR) is 40.2 cm³/mol. The van der Waals surface area contributed by atoms with Crippen molar-refractivity contribution in [2.75, 3.05) is 0 Å². The van der Waals surface area contributed by atoms with Gasteiger partial charge in [-0.25, -0.2) is 4.79 Å². The Kier molecular flexibility index (Phi) is 4.34. The first-order valence-corrected chi connectivity index (χ1v) is 2.92. The number of hydrogen-bond donors (Lipinski definition) is 2. The number of carboxylic acids is 1. The second kappa shape index (κ2) is 5.12. The molecule has 0 aliphatic rings. The van der Waals surface area contributed by atoms with Crippen LogP contribution in [0.3, 0.4) is 0 Å². The zero-order chi connectivity index (χ0) is 8.69. The fourth-order valence-electron chi connectivity index (χ4n) is 0.302. The molecule has 0 fully saturated rings. The van der Waals surface area contributed by atoms with Crippen LogP contribution in [-0.2, 0) is 4.79 Å². The van der Waals surface area contributed by atoms with Crippen LogP contribution < -0.4 is 0 Å². The lowest BCUT2D eigenvalue weighted by molar-refractivity contribution is -0.131. The summed E-state index contributed by atoms with van der Waals surface area (Å²) in [6.07, 6.45) is 3.48. The third-order valence-electron chi connectivity index (χ3n) is 0.795. The van der Waals surface area contributed by atoms with Gasteiger partial charge in [0.15, 0.2) is 0 Å². The van der Waals surface area contributed by atoms with Gasteiger partial charge >= 0.3 is 5.97 Å². The van der Waals surface area contributed by atoms with Crippen molar-refractivity contribution in [1.82, 2.24) is 0 Å². The summed E-state index contributed by atoms with van der Waals surface area (Å²) in [5.41, 5.74) is 4.56. The Bertz CT molecular complexity index is 261. The van der Waals surface area contributed by atoms with E-state index in [1.54, 1.807) is 6.92 Å². The minimum atomic E-state index is -1.09. The maximum Gasteiger partial charge on any atom is 0.336 e. The van der Waals surface area contributed by atoms with E-state index >= 15 is 0 Å². The summed E-state index contributed by atoms with van der Waals surface area (Å²) < 4.78 is 0. The van der Waals surface area contributed by atoms with Crippen LogP contribution in [0.2, 0.25) is 0 Å². The summed E-state index contributed by atoms with van der Waals surface area (Å²) in [4.78, 5) is 9.86. The van der Waals surface area contributed by atoms with Crippen LogP contribution in [0.25, 0.3) is 0 Å². The molecule has 0 unspecified atom stereocenters.